The van der Waals surface area contributed by atoms with Gasteiger partial charge in [0.1, 0.15) is 5.75 Å². The van der Waals surface area contributed by atoms with Gasteiger partial charge >= 0.3 is 5.97 Å². The predicted molar refractivity (Wildman–Crippen MR) is 87.2 cm³/mol. The van der Waals surface area contributed by atoms with E-state index in [-0.39, 0.29) is 29.0 Å². The summed E-state index contributed by atoms with van der Waals surface area (Å²) in [6.07, 6.45) is 1.38. The Bertz CT molecular complexity index is 682. The molecule has 3 heteroatoms. The van der Waals surface area contributed by atoms with Crippen LogP contribution in [-0.2, 0) is 28.3 Å². The maximum atomic E-state index is 11.5. The molecule has 0 saturated carbocycles. The van der Waals surface area contributed by atoms with E-state index in [2.05, 4.69) is 18.2 Å². The number of carbonyl (C=O) groups excluding carboxylic acids is 1. The molecule has 1 aliphatic rings. The molecule has 124 valence electrons. The van der Waals surface area contributed by atoms with E-state index >= 15 is 0 Å². The molecule has 0 spiro atoms. The molecule has 0 aromatic heterocycles. The molecule has 0 fully saturated rings. The van der Waals surface area contributed by atoms with E-state index < -0.39 is 0 Å². The maximum absolute atomic E-state index is 11.5. The van der Waals surface area contributed by atoms with Crippen LogP contribution in [0.3, 0.4) is 0 Å². The van der Waals surface area contributed by atoms with Gasteiger partial charge < -0.3 is 35.1 Å². The smallest absolute Gasteiger partial charge is 0.311 e. The fraction of sp³-hybridized carbons (Fsp3) is 0.150. The van der Waals surface area contributed by atoms with Crippen molar-refractivity contribution in [3.8, 4) is 5.75 Å². The number of fused-ring (bicyclic) bond motifs is 1. The van der Waals surface area contributed by atoms with Crippen molar-refractivity contribution in [2.45, 2.75) is 18.8 Å². The van der Waals surface area contributed by atoms with E-state index in [1.165, 1.54) is 5.56 Å². The fourth-order valence-corrected chi connectivity index (χ4v) is 2.72. The standard InChI is InChI=1S/C15H13O2.C5H5.Fe/c16-15-10-12(9-11-5-1-2-6-11)13-7-3-4-8-14(13)17-15;1-2-4-5-3-1;/h1-8,12H,9-10H2;1-5H;/q-1;-5;. The van der Waals surface area contributed by atoms with Gasteiger partial charge in [-0.05, 0) is 17.5 Å². The van der Waals surface area contributed by atoms with Gasteiger partial charge in [-0.3, -0.25) is 4.79 Å². The maximum Gasteiger partial charge on any atom is 0.311 e. The van der Waals surface area contributed by atoms with Gasteiger partial charge in [0.05, 0.1) is 6.42 Å². The minimum atomic E-state index is -0.125. The van der Waals surface area contributed by atoms with E-state index in [0.29, 0.717) is 6.42 Å². The van der Waals surface area contributed by atoms with Gasteiger partial charge in [-0.1, -0.05) is 24.6 Å². The van der Waals surface area contributed by atoms with E-state index in [1.54, 1.807) is 0 Å². The van der Waals surface area contributed by atoms with Crippen molar-refractivity contribution in [1.29, 1.82) is 0 Å². The summed E-state index contributed by atoms with van der Waals surface area (Å²) in [4.78, 5) is 11.5. The minimum absolute atomic E-state index is 0. The first-order valence-electron chi connectivity index (χ1n) is 7.50. The number of hydrogen-bond donors (Lipinski definition) is 0. The van der Waals surface area contributed by atoms with Crippen molar-refractivity contribution in [2.75, 3.05) is 0 Å². The van der Waals surface area contributed by atoms with Crippen LogP contribution in [0.15, 0.2) is 78.9 Å². The zero-order chi connectivity index (χ0) is 15.2. The molecule has 1 heterocycles. The van der Waals surface area contributed by atoms with E-state index in [9.17, 15) is 4.79 Å². The van der Waals surface area contributed by atoms with E-state index in [1.807, 2.05) is 60.7 Å². The molecule has 1 aliphatic heterocycles. The van der Waals surface area contributed by atoms with Crippen LogP contribution < -0.4 is 4.74 Å². The van der Waals surface area contributed by atoms with Crippen LogP contribution in [0, 0.1) is 0 Å². The van der Waals surface area contributed by atoms with Crippen molar-refractivity contribution in [3.63, 3.8) is 0 Å². The largest absolute Gasteiger partial charge is 0.748 e. The van der Waals surface area contributed by atoms with Crippen molar-refractivity contribution >= 4 is 5.97 Å². The summed E-state index contributed by atoms with van der Waals surface area (Å²) in [6.45, 7) is 0. The zero-order valence-electron chi connectivity index (χ0n) is 12.7. The molecule has 0 radical (unpaired) electrons. The summed E-state index contributed by atoms with van der Waals surface area (Å²) in [5.41, 5.74) is 2.42. The molecule has 2 nitrogen and oxygen atoms in total. The van der Waals surface area contributed by atoms with Gasteiger partial charge in [0.15, 0.2) is 0 Å². The number of rotatable bonds is 2. The number of hydrogen-bond acceptors (Lipinski definition) is 2. The normalized spacial score (nSPS) is 15.5. The summed E-state index contributed by atoms with van der Waals surface area (Å²) < 4.78 is 5.24. The third-order valence-corrected chi connectivity index (χ3v) is 3.77. The Balaban J connectivity index is 0.000000276. The zero-order valence-corrected chi connectivity index (χ0v) is 13.8. The fourth-order valence-electron chi connectivity index (χ4n) is 2.72. The number of benzene rings is 1. The molecule has 3 aromatic rings. The Morgan fingerprint density at radius 3 is 2.26 bits per heavy atom. The Labute approximate surface area is 147 Å². The quantitative estimate of drug-likeness (QED) is 0.297. The van der Waals surface area contributed by atoms with Crippen LogP contribution in [0.4, 0.5) is 0 Å². The van der Waals surface area contributed by atoms with Crippen molar-refractivity contribution in [1.82, 2.24) is 0 Å². The molecule has 1 unspecified atom stereocenters. The molecular weight excluding hydrogens is 328 g/mol. The van der Waals surface area contributed by atoms with Gasteiger partial charge in [0.25, 0.3) is 0 Å². The molecule has 0 N–H and O–H groups in total. The number of ether oxygens (including phenoxy) is 1. The van der Waals surface area contributed by atoms with Crippen molar-refractivity contribution < 1.29 is 26.6 Å². The van der Waals surface area contributed by atoms with E-state index in [0.717, 1.165) is 17.7 Å². The monoisotopic (exact) mass is 346 g/mol. The van der Waals surface area contributed by atoms with Crippen LogP contribution >= 0.6 is 0 Å². The third kappa shape index (κ3) is 4.69. The van der Waals surface area contributed by atoms with Crippen LogP contribution in [-0.4, -0.2) is 5.97 Å². The summed E-state index contributed by atoms with van der Waals surface area (Å²) in [5.74, 6) is 0.843. The first kappa shape index (κ1) is 17.3. The topological polar surface area (TPSA) is 26.3 Å². The second-order valence-corrected chi connectivity index (χ2v) is 5.37. The number of esters is 1. The summed E-state index contributed by atoms with van der Waals surface area (Å²) in [5, 5.41) is 0. The number of carbonyl (C=O) groups is 1. The first-order valence-corrected chi connectivity index (χ1v) is 7.50. The van der Waals surface area contributed by atoms with E-state index in [4.69, 9.17) is 4.74 Å². The molecule has 0 amide bonds. The average Bonchev–Trinajstić information content (AvgIpc) is 3.23. The van der Waals surface area contributed by atoms with Gasteiger partial charge in [-0.25, -0.2) is 12.1 Å². The second kappa shape index (κ2) is 8.52. The first-order chi connectivity index (χ1) is 10.8. The summed E-state index contributed by atoms with van der Waals surface area (Å²) in [6, 6.07) is 26.1. The molecule has 23 heavy (non-hydrogen) atoms. The molecule has 3 aromatic carbocycles. The van der Waals surface area contributed by atoms with Crippen molar-refractivity contribution in [3.05, 3.63) is 90.0 Å². The van der Waals surface area contributed by atoms with Gasteiger partial charge in [-0.15, -0.1) is 0 Å². The van der Waals surface area contributed by atoms with Gasteiger partial charge in [-0.2, -0.15) is 17.7 Å². The molecule has 0 saturated heterocycles. The van der Waals surface area contributed by atoms with Gasteiger partial charge in [0.2, 0.25) is 0 Å². The van der Waals surface area contributed by atoms with Crippen LogP contribution in [0.1, 0.15) is 23.5 Å². The summed E-state index contributed by atoms with van der Waals surface area (Å²) >= 11 is 0. The SMILES string of the molecule is O=C1CC(C[c-]2cccc2)c2ccccc2O1.[Fe].[cH-]1[cH-][cH-][cH-][cH-]1. The Morgan fingerprint density at radius 1 is 1.00 bits per heavy atom. The van der Waals surface area contributed by atoms with Crippen molar-refractivity contribution in [2.24, 2.45) is 0 Å². The third-order valence-electron chi connectivity index (χ3n) is 3.77. The molecule has 0 bridgehead atoms. The van der Waals surface area contributed by atoms with Crippen LogP contribution in [0.25, 0.3) is 0 Å². The molecular formula is C20H18FeO2-6. The van der Waals surface area contributed by atoms with Crippen LogP contribution in [0.2, 0.25) is 0 Å². The molecule has 1 atom stereocenters. The molecule has 0 aliphatic carbocycles. The average molecular weight is 346 g/mol. The second-order valence-electron chi connectivity index (χ2n) is 5.37. The minimum Gasteiger partial charge on any atom is -0.748 e. The predicted octanol–water partition coefficient (Wildman–Crippen LogP) is 4.44. The van der Waals surface area contributed by atoms with Gasteiger partial charge in [0, 0.05) is 17.1 Å². The van der Waals surface area contributed by atoms with Crippen LogP contribution in [0.5, 0.6) is 5.75 Å². The Morgan fingerprint density at radius 2 is 1.61 bits per heavy atom. The summed E-state index contributed by atoms with van der Waals surface area (Å²) in [7, 11) is 0. The molecule has 4 rings (SSSR count). The number of para-hydroxylation sites is 1. The Hall–Kier alpha value is -2.09. The Kier molecular flexibility index (Phi) is 6.39.